The summed E-state index contributed by atoms with van der Waals surface area (Å²) < 4.78 is 1.17. The maximum atomic E-state index is 4.29. The molecule has 0 aliphatic carbocycles. The third-order valence-electron chi connectivity index (χ3n) is 4.37. The minimum Gasteiger partial charge on any atom is -0.298 e. The van der Waals surface area contributed by atoms with Crippen molar-refractivity contribution in [2.75, 3.05) is 13.1 Å². The van der Waals surface area contributed by atoms with Crippen molar-refractivity contribution in [2.24, 2.45) is 0 Å². The number of nitrogens with one attached hydrogen (secondary N) is 1. The van der Waals surface area contributed by atoms with Crippen LogP contribution in [0.2, 0.25) is 0 Å². The molecular formula is C17H17BrN4. The highest BCUT2D eigenvalue weighted by molar-refractivity contribution is 9.10. The van der Waals surface area contributed by atoms with Gasteiger partial charge < -0.3 is 0 Å². The Morgan fingerprint density at radius 1 is 1.27 bits per heavy atom. The van der Waals surface area contributed by atoms with E-state index in [4.69, 9.17) is 0 Å². The van der Waals surface area contributed by atoms with E-state index in [9.17, 15) is 0 Å². The molecule has 5 heteroatoms. The Morgan fingerprint density at radius 2 is 2.18 bits per heavy atom. The average molecular weight is 357 g/mol. The molecule has 0 amide bonds. The first kappa shape index (κ1) is 13.9. The number of rotatable bonds is 3. The van der Waals surface area contributed by atoms with Gasteiger partial charge in [-0.1, -0.05) is 40.2 Å². The number of nitrogens with zero attached hydrogens (tertiary/aromatic N) is 3. The highest BCUT2D eigenvalue weighted by Gasteiger charge is 2.25. The number of hydrogen-bond donors (Lipinski definition) is 1. The Balaban J connectivity index is 1.52. The molecule has 1 aliphatic rings. The van der Waals surface area contributed by atoms with Crippen molar-refractivity contribution < 1.29 is 0 Å². The van der Waals surface area contributed by atoms with E-state index in [2.05, 4.69) is 72.4 Å². The molecule has 2 aromatic carbocycles. The van der Waals surface area contributed by atoms with Crippen molar-refractivity contribution in [1.29, 1.82) is 0 Å². The van der Waals surface area contributed by atoms with Gasteiger partial charge in [0, 0.05) is 23.5 Å². The average Bonchev–Trinajstić information content (AvgIpc) is 3.18. The fraction of sp³-hybridized carbons (Fsp3) is 0.294. The molecule has 1 aliphatic heterocycles. The van der Waals surface area contributed by atoms with Crippen LogP contribution in [-0.4, -0.2) is 33.2 Å². The van der Waals surface area contributed by atoms with E-state index in [0.29, 0.717) is 5.92 Å². The van der Waals surface area contributed by atoms with E-state index in [1.807, 2.05) is 0 Å². The molecule has 3 aromatic rings. The van der Waals surface area contributed by atoms with Crippen molar-refractivity contribution >= 4 is 26.7 Å². The Bertz CT molecular complexity index is 784. The lowest BCUT2D eigenvalue weighted by Gasteiger charge is -2.16. The topological polar surface area (TPSA) is 44.8 Å². The number of benzene rings is 2. The van der Waals surface area contributed by atoms with Crippen LogP contribution < -0.4 is 0 Å². The maximum absolute atomic E-state index is 4.29. The smallest absolute Gasteiger partial charge is 0.137 e. The Hall–Kier alpha value is -1.72. The second-order valence-electron chi connectivity index (χ2n) is 5.89. The summed E-state index contributed by atoms with van der Waals surface area (Å²) in [4.78, 5) is 6.78. The second-order valence-corrected chi connectivity index (χ2v) is 6.74. The van der Waals surface area contributed by atoms with Gasteiger partial charge >= 0.3 is 0 Å². The van der Waals surface area contributed by atoms with Crippen molar-refractivity contribution in [3.63, 3.8) is 0 Å². The second kappa shape index (κ2) is 5.82. The number of aromatic amines is 1. The molecule has 112 valence electrons. The maximum Gasteiger partial charge on any atom is 0.137 e. The normalized spacial score (nSPS) is 19.0. The number of hydrogen-bond acceptors (Lipinski definition) is 3. The lowest BCUT2D eigenvalue weighted by molar-refractivity contribution is 0.326. The molecule has 1 unspecified atom stereocenters. The first-order valence-corrected chi connectivity index (χ1v) is 8.34. The van der Waals surface area contributed by atoms with E-state index in [-0.39, 0.29) is 0 Å². The number of halogens is 1. The molecule has 1 atom stereocenters. The summed E-state index contributed by atoms with van der Waals surface area (Å²) in [5.74, 6) is 1.49. The Morgan fingerprint density at radius 3 is 3.05 bits per heavy atom. The fourth-order valence-corrected chi connectivity index (χ4v) is 3.94. The third-order valence-corrected chi connectivity index (χ3v) is 5.03. The van der Waals surface area contributed by atoms with Crippen molar-refractivity contribution in [1.82, 2.24) is 20.1 Å². The lowest BCUT2D eigenvalue weighted by Crippen LogP contribution is -2.20. The van der Waals surface area contributed by atoms with Crippen molar-refractivity contribution in [2.45, 2.75) is 18.9 Å². The molecule has 2 heterocycles. The number of aromatic nitrogens is 3. The van der Waals surface area contributed by atoms with Gasteiger partial charge in [0.1, 0.15) is 12.2 Å². The minimum absolute atomic E-state index is 0.478. The molecular weight excluding hydrogens is 340 g/mol. The van der Waals surface area contributed by atoms with Gasteiger partial charge in [-0.05, 0) is 41.4 Å². The van der Waals surface area contributed by atoms with Crippen LogP contribution in [0.15, 0.2) is 47.2 Å². The van der Waals surface area contributed by atoms with Crippen LogP contribution in [0.5, 0.6) is 0 Å². The molecule has 1 N–H and O–H groups in total. The van der Waals surface area contributed by atoms with Gasteiger partial charge in [0.15, 0.2) is 0 Å². The van der Waals surface area contributed by atoms with E-state index in [1.165, 1.54) is 20.8 Å². The molecule has 22 heavy (non-hydrogen) atoms. The summed E-state index contributed by atoms with van der Waals surface area (Å²) in [5.41, 5.74) is 1.35. The summed E-state index contributed by atoms with van der Waals surface area (Å²) >= 11 is 3.70. The fourth-order valence-electron chi connectivity index (χ4n) is 3.28. The van der Waals surface area contributed by atoms with Gasteiger partial charge in [-0.25, -0.2) is 4.98 Å². The predicted octanol–water partition coefficient (Wildman–Crippen LogP) is 3.71. The van der Waals surface area contributed by atoms with E-state index in [1.54, 1.807) is 6.33 Å². The predicted molar refractivity (Wildman–Crippen MR) is 90.7 cm³/mol. The van der Waals surface area contributed by atoms with Crippen LogP contribution in [0.25, 0.3) is 10.8 Å². The molecule has 0 bridgehead atoms. The monoisotopic (exact) mass is 356 g/mol. The molecule has 0 spiro atoms. The zero-order valence-corrected chi connectivity index (χ0v) is 13.8. The molecule has 4 rings (SSSR count). The molecule has 4 nitrogen and oxygen atoms in total. The molecule has 0 saturated carbocycles. The van der Waals surface area contributed by atoms with Crippen molar-refractivity contribution in [3.8, 4) is 0 Å². The van der Waals surface area contributed by atoms with Gasteiger partial charge in [-0.15, -0.1) is 0 Å². The number of fused-ring (bicyclic) bond motifs is 1. The zero-order valence-electron chi connectivity index (χ0n) is 12.2. The highest BCUT2D eigenvalue weighted by atomic mass is 79.9. The van der Waals surface area contributed by atoms with Gasteiger partial charge in [-0.3, -0.25) is 10.00 Å². The van der Waals surface area contributed by atoms with E-state index < -0.39 is 0 Å². The van der Waals surface area contributed by atoms with E-state index >= 15 is 0 Å². The highest BCUT2D eigenvalue weighted by Crippen LogP contribution is 2.29. The lowest BCUT2D eigenvalue weighted by atomic mass is 10.1. The number of H-pyrrole nitrogens is 1. The first-order valence-electron chi connectivity index (χ1n) is 7.54. The largest absolute Gasteiger partial charge is 0.298 e. The van der Waals surface area contributed by atoms with Crippen LogP contribution in [0.3, 0.4) is 0 Å². The molecule has 0 radical (unpaired) electrons. The minimum atomic E-state index is 0.478. The molecule has 1 aromatic heterocycles. The quantitative estimate of drug-likeness (QED) is 0.777. The Kier molecular flexibility index (Phi) is 3.68. The van der Waals surface area contributed by atoms with Gasteiger partial charge in [-0.2, -0.15) is 5.10 Å². The standard InChI is InChI=1S/C17H17BrN4/c18-16-8-12(7-13-3-1-2-4-15(13)16)9-22-6-5-14(10-22)17-19-11-20-21-17/h1-4,7-8,11,14H,5-6,9-10H2,(H,19,20,21). The summed E-state index contributed by atoms with van der Waals surface area (Å²) in [7, 11) is 0. The third kappa shape index (κ3) is 2.66. The van der Waals surface area contributed by atoms with Crippen LogP contribution in [0, 0.1) is 0 Å². The van der Waals surface area contributed by atoms with Gasteiger partial charge in [0.2, 0.25) is 0 Å². The van der Waals surface area contributed by atoms with E-state index in [0.717, 1.165) is 31.9 Å². The number of likely N-dealkylation sites (tertiary alicyclic amines) is 1. The van der Waals surface area contributed by atoms with Crippen LogP contribution in [-0.2, 0) is 6.54 Å². The summed E-state index contributed by atoms with van der Waals surface area (Å²) in [6.45, 7) is 3.13. The van der Waals surface area contributed by atoms with Gasteiger partial charge in [0.05, 0.1) is 0 Å². The van der Waals surface area contributed by atoms with Crippen LogP contribution in [0.1, 0.15) is 23.7 Å². The zero-order chi connectivity index (χ0) is 14.9. The summed E-state index contributed by atoms with van der Waals surface area (Å²) in [6, 6.07) is 13.0. The van der Waals surface area contributed by atoms with Crippen LogP contribution in [0.4, 0.5) is 0 Å². The van der Waals surface area contributed by atoms with Crippen molar-refractivity contribution in [3.05, 3.63) is 58.6 Å². The molecule has 1 fully saturated rings. The Labute approximate surface area is 137 Å². The van der Waals surface area contributed by atoms with Gasteiger partial charge in [0.25, 0.3) is 0 Å². The van der Waals surface area contributed by atoms with Crippen LogP contribution >= 0.6 is 15.9 Å². The summed E-state index contributed by atoms with van der Waals surface area (Å²) in [6.07, 6.45) is 2.74. The first-order chi connectivity index (χ1) is 10.8. The summed E-state index contributed by atoms with van der Waals surface area (Å²) in [5, 5.41) is 9.52. The molecule has 1 saturated heterocycles. The SMILES string of the molecule is Brc1cc(CN2CCC(c3ncn[nH]3)C2)cc2ccccc12.